The van der Waals surface area contributed by atoms with Crippen molar-refractivity contribution in [3.8, 4) is 0 Å². The van der Waals surface area contributed by atoms with E-state index in [1.807, 2.05) is 24.3 Å². The number of carbonyl (C=O) groups is 1. The Morgan fingerprint density at radius 3 is 2.84 bits per heavy atom. The Morgan fingerprint density at radius 2 is 2.05 bits per heavy atom. The van der Waals surface area contributed by atoms with Crippen LogP contribution in [0.3, 0.4) is 0 Å². The highest BCUT2D eigenvalue weighted by atomic mass is 79.9. The fourth-order valence-corrected chi connectivity index (χ4v) is 2.31. The highest BCUT2D eigenvalue weighted by Crippen LogP contribution is 2.18. The number of pyridine rings is 1. The van der Waals surface area contributed by atoms with Gasteiger partial charge in [-0.2, -0.15) is 0 Å². The molecule has 3 rings (SSSR count). The Morgan fingerprint density at radius 1 is 1.21 bits per heavy atom. The minimum atomic E-state index is -0.135. The van der Waals surface area contributed by atoms with Gasteiger partial charge in [-0.15, -0.1) is 0 Å². The molecule has 2 N–H and O–H groups in total. The van der Waals surface area contributed by atoms with Crippen LogP contribution in [0.2, 0.25) is 0 Å². The number of rotatable bonds is 2. The van der Waals surface area contributed by atoms with E-state index in [1.165, 1.54) is 11.1 Å². The van der Waals surface area contributed by atoms with Crippen LogP contribution in [0.15, 0.2) is 41.0 Å². The number of anilines is 1. The SMILES string of the molecule is O=C(Nc1ccc(Br)cn1)c1ccc2c(c1)CNC2. The summed E-state index contributed by atoms with van der Waals surface area (Å²) in [6.45, 7) is 1.71. The molecule has 0 bridgehead atoms. The lowest BCUT2D eigenvalue weighted by Gasteiger charge is -2.06. The summed E-state index contributed by atoms with van der Waals surface area (Å²) in [7, 11) is 0. The maximum atomic E-state index is 12.1. The fraction of sp³-hybridized carbons (Fsp3) is 0.143. The van der Waals surface area contributed by atoms with E-state index in [9.17, 15) is 4.79 Å². The lowest BCUT2D eigenvalue weighted by molar-refractivity contribution is 0.102. The van der Waals surface area contributed by atoms with E-state index in [1.54, 1.807) is 12.3 Å². The average Bonchev–Trinajstić information content (AvgIpc) is 2.88. The number of nitrogens with zero attached hydrogens (tertiary/aromatic N) is 1. The number of benzene rings is 1. The fourth-order valence-electron chi connectivity index (χ4n) is 2.07. The van der Waals surface area contributed by atoms with E-state index in [-0.39, 0.29) is 5.91 Å². The molecular weight excluding hydrogens is 306 g/mol. The maximum absolute atomic E-state index is 12.1. The molecule has 1 aromatic carbocycles. The lowest BCUT2D eigenvalue weighted by atomic mass is 10.1. The zero-order valence-corrected chi connectivity index (χ0v) is 11.7. The quantitative estimate of drug-likeness (QED) is 0.895. The van der Waals surface area contributed by atoms with Crippen molar-refractivity contribution in [1.29, 1.82) is 0 Å². The number of hydrogen-bond donors (Lipinski definition) is 2. The van der Waals surface area contributed by atoms with E-state index < -0.39 is 0 Å². The van der Waals surface area contributed by atoms with Crippen molar-refractivity contribution in [1.82, 2.24) is 10.3 Å². The van der Waals surface area contributed by atoms with Gasteiger partial charge in [0.1, 0.15) is 5.82 Å². The molecule has 1 aromatic heterocycles. The summed E-state index contributed by atoms with van der Waals surface area (Å²) < 4.78 is 0.883. The number of aromatic nitrogens is 1. The molecule has 4 nitrogen and oxygen atoms in total. The molecule has 0 saturated heterocycles. The number of halogens is 1. The van der Waals surface area contributed by atoms with Gasteiger partial charge in [0.15, 0.2) is 0 Å². The summed E-state index contributed by atoms with van der Waals surface area (Å²) in [6, 6.07) is 9.38. The first kappa shape index (κ1) is 12.3. The first-order valence-corrected chi connectivity index (χ1v) is 6.77. The predicted octanol–water partition coefficient (Wildman–Crippen LogP) is 2.70. The summed E-state index contributed by atoms with van der Waals surface area (Å²) in [5.41, 5.74) is 3.11. The van der Waals surface area contributed by atoms with Crippen LogP contribution in [0, 0.1) is 0 Å². The van der Waals surface area contributed by atoms with Gasteiger partial charge in [0.2, 0.25) is 0 Å². The van der Waals surface area contributed by atoms with Crippen LogP contribution in [-0.2, 0) is 13.1 Å². The molecule has 19 heavy (non-hydrogen) atoms. The maximum Gasteiger partial charge on any atom is 0.256 e. The average molecular weight is 318 g/mol. The van der Waals surface area contributed by atoms with Crippen molar-refractivity contribution >= 4 is 27.7 Å². The summed E-state index contributed by atoms with van der Waals surface area (Å²) in [4.78, 5) is 16.2. The van der Waals surface area contributed by atoms with Crippen LogP contribution in [0.5, 0.6) is 0 Å². The molecule has 2 aromatic rings. The number of hydrogen-bond acceptors (Lipinski definition) is 3. The van der Waals surface area contributed by atoms with E-state index in [2.05, 4.69) is 31.5 Å². The van der Waals surface area contributed by atoms with Gasteiger partial charge in [-0.3, -0.25) is 4.79 Å². The predicted molar refractivity (Wildman–Crippen MR) is 76.9 cm³/mol. The first-order valence-electron chi connectivity index (χ1n) is 5.98. The number of fused-ring (bicyclic) bond motifs is 1. The Hall–Kier alpha value is -1.72. The van der Waals surface area contributed by atoms with Crippen LogP contribution in [0.1, 0.15) is 21.5 Å². The highest BCUT2D eigenvalue weighted by molar-refractivity contribution is 9.10. The van der Waals surface area contributed by atoms with Gasteiger partial charge >= 0.3 is 0 Å². The van der Waals surface area contributed by atoms with Gasteiger partial charge < -0.3 is 10.6 Å². The summed E-state index contributed by atoms with van der Waals surface area (Å²) in [5.74, 6) is 0.413. The zero-order chi connectivity index (χ0) is 13.2. The van der Waals surface area contributed by atoms with E-state index >= 15 is 0 Å². The van der Waals surface area contributed by atoms with Gasteiger partial charge in [0.25, 0.3) is 5.91 Å². The molecular formula is C14H12BrN3O. The van der Waals surface area contributed by atoms with Crippen LogP contribution in [0.25, 0.3) is 0 Å². The van der Waals surface area contributed by atoms with Crippen LogP contribution in [0.4, 0.5) is 5.82 Å². The van der Waals surface area contributed by atoms with E-state index in [4.69, 9.17) is 0 Å². The number of amides is 1. The molecule has 1 aliphatic rings. The molecule has 1 amide bonds. The second-order valence-corrected chi connectivity index (χ2v) is 5.32. The first-order chi connectivity index (χ1) is 9.22. The summed E-state index contributed by atoms with van der Waals surface area (Å²) in [6.07, 6.45) is 1.65. The molecule has 0 spiro atoms. The zero-order valence-electron chi connectivity index (χ0n) is 10.1. The second kappa shape index (κ2) is 5.11. The molecule has 96 valence electrons. The second-order valence-electron chi connectivity index (χ2n) is 4.40. The molecule has 0 saturated carbocycles. The third kappa shape index (κ3) is 2.67. The third-order valence-corrected chi connectivity index (χ3v) is 3.54. The molecule has 0 aliphatic carbocycles. The van der Waals surface area contributed by atoms with Crippen molar-refractivity contribution in [2.75, 3.05) is 5.32 Å². The van der Waals surface area contributed by atoms with Crippen molar-refractivity contribution < 1.29 is 4.79 Å². The smallest absolute Gasteiger partial charge is 0.256 e. The molecule has 0 radical (unpaired) electrons. The van der Waals surface area contributed by atoms with E-state index in [0.717, 1.165) is 17.6 Å². The van der Waals surface area contributed by atoms with Gasteiger partial charge in [0, 0.05) is 29.3 Å². The summed E-state index contributed by atoms with van der Waals surface area (Å²) in [5, 5.41) is 6.05. The Labute approximate surface area is 119 Å². The molecule has 5 heteroatoms. The Kier molecular flexibility index (Phi) is 3.31. The molecule has 0 atom stereocenters. The van der Waals surface area contributed by atoms with E-state index in [0.29, 0.717) is 11.4 Å². The lowest BCUT2D eigenvalue weighted by Crippen LogP contribution is -2.13. The number of carbonyl (C=O) groups excluding carboxylic acids is 1. The van der Waals surface area contributed by atoms with Crippen LogP contribution < -0.4 is 10.6 Å². The van der Waals surface area contributed by atoms with Crippen LogP contribution >= 0.6 is 15.9 Å². The van der Waals surface area contributed by atoms with Crippen LogP contribution in [-0.4, -0.2) is 10.9 Å². The monoisotopic (exact) mass is 317 g/mol. The third-order valence-electron chi connectivity index (χ3n) is 3.07. The topological polar surface area (TPSA) is 54.0 Å². The van der Waals surface area contributed by atoms with Crippen molar-refractivity contribution in [2.24, 2.45) is 0 Å². The summed E-state index contributed by atoms with van der Waals surface area (Å²) >= 11 is 3.31. The van der Waals surface area contributed by atoms with Gasteiger partial charge in [-0.1, -0.05) is 6.07 Å². The Bertz CT molecular complexity index is 625. The largest absolute Gasteiger partial charge is 0.309 e. The van der Waals surface area contributed by atoms with Gasteiger partial charge in [-0.25, -0.2) is 4.98 Å². The van der Waals surface area contributed by atoms with Crippen molar-refractivity contribution in [2.45, 2.75) is 13.1 Å². The van der Waals surface area contributed by atoms with Gasteiger partial charge in [0.05, 0.1) is 0 Å². The molecule has 0 fully saturated rings. The van der Waals surface area contributed by atoms with Crippen molar-refractivity contribution in [3.63, 3.8) is 0 Å². The normalized spacial score (nSPS) is 13.1. The number of nitrogens with one attached hydrogen (secondary N) is 2. The highest BCUT2D eigenvalue weighted by Gasteiger charge is 2.13. The molecule has 2 heterocycles. The minimum Gasteiger partial charge on any atom is -0.309 e. The Balaban J connectivity index is 1.78. The van der Waals surface area contributed by atoms with Crippen molar-refractivity contribution in [3.05, 3.63) is 57.7 Å². The van der Waals surface area contributed by atoms with Gasteiger partial charge in [-0.05, 0) is 51.3 Å². The standard InChI is InChI=1S/C14H12BrN3O/c15-12-3-4-13(17-8-12)18-14(19)9-1-2-10-6-16-7-11(10)5-9/h1-5,8,16H,6-7H2,(H,17,18,19). The molecule has 0 unspecified atom stereocenters. The molecule has 1 aliphatic heterocycles. The minimum absolute atomic E-state index is 0.135.